The van der Waals surface area contributed by atoms with E-state index in [9.17, 15) is 18.0 Å². The third kappa shape index (κ3) is 4.76. The quantitative estimate of drug-likeness (QED) is 0.545. The zero-order chi connectivity index (χ0) is 23.0. The third-order valence-electron chi connectivity index (χ3n) is 6.82. The van der Waals surface area contributed by atoms with Crippen LogP contribution in [0.15, 0.2) is 42.5 Å². The predicted molar refractivity (Wildman–Crippen MR) is 122 cm³/mol. The Hall–Kier alpha value is -2.87. The number of carbonyl (C=O) groups is 1. The standard InChI is InChI=1S/C25H27F3N4O/c26-25(27,28)18-13-17(23(33)16-24-29-21-5-1-2-6-22(21)30-24)14-20(15-18)32-11-7-19(8-12-32)31-9-3-4-10-31/h1-2,5-6,13-15,19H,3-4,7-12,16H2,(H,29,30). The Bertz CT molecular complexity index is 1110. The minimum atomic E-state index is -4.52. The average Bonchev–Trinajstić information content (AvgIpc) is 3.48. The number of aromatic amines is 1. The third-order valence-corrected chi connectivity index (χ3v) is 6.82. The second-order valence-electron chi connectivity index (χ2n) is 9.03. The van der Waals surface area contributed by atoms with E-state index in [2.05, 4.69) is 14.9 Å². The van der Waals surface area contributed by atoms with Crippen molar-refractivity contribution in [1.29, 1.82) is 0 Å². The summed E-state index contributed by atoms with van der Waals surface area (Å²) >= 11 is 0. The number of para-hydroxylation sites is 2. The van der Waals surface area contributed by atoms with Gasteiger partial charge in [0.25, 0.3) is 0 Å². The van der Waals surface area contributed by atoms with Crippen molar-refractivity contribution in [2.75, 3.05) is 31.1 Å². The lowest BCUT2D eigenvalue weighted by Crippen LogP contribution is -2.44. The van der Waals surface area contributed by atoms with E-state index in [1.54, 1.807) is 6.07 Å². The summed E-state index contributed by atoms with van der Waals surface area (Å²) in [6.07, 6.45) is -0.281. The number of nitrogens with one attached hydrogen (secondary N) is 1. The zero-order valence-electron chi connectivity index (χ0n) is 18.4. The number of halogens is 3. The van der Waals surface area contributed by atoms with E-state index in [1.807, 2.05) is 29.2 Å². The van der Waals surface area contributed by atoms with Crippen LogP contribution in [-0.2, 0) is 12.6 Å². The topological polar surface area (TPSA) is 52.2 Å². The van der Waals surface area contributed by atoms with Crippen molar-refractivity contribution in [3.63, 3.8) is 0 Å². The SMILES string of the molecule is O=C(Cc1nc2ccccc2[nH]1)c1cc(N2CCC(N3CCCC3)CC2)cc(C(F)(F)F)c1. The minimum absolute atomic E-state index is 0.0712. The Morgan fingerprint density at radius 3 is 2.45 bits per heavy atom. The number of benzene rings is 2. The number of hydrogen-bond donors (Lipinski definition) is 1. The smallest absolute Gasteiger partial charge is 0.371 e. The van der Waals surface area contributed by atoms with Crippen molar-refractivity contribution in [1.82, 2.24) is 14.9 Å². The van der Waals surface area contributed by atoms with Crippen LogP contribution in [0, 0.1) is 0 Å². The predicted octanol–water partition coefficient (Wildman–Crippen LogP) is 5.07. The number of piperidine rings is 1. The minimum Gasteiger partial charge on any atom is -0.371 e. The molecule has 2 saturated heterocycles. The highest BCUT2D eigenvalue weighted by molar-refractivity contribution is 5.98. The maximum absolute atomic E-state index is 13.7. The number of ketones is 1. The van der Waals surface area contributed by atoms with Crippen LogP contribution in [0.5, 0.6) is 0 Å². The van der Waals surface area contributed by atoms with Gasteiger partial charge >= 0.3 is 6.18 Å². The van der Waals surface area contributed by atoms with Crippen LogP contribution in [0.1, 0.15) is 47.4 Å². The summed E-state index contributed by atoms with van der Waals surface area (Å²) in [5.41, 5.74) is 1.28. The Morgan fingerprint density at radius 1 is 1.03 bits per heavy atom. The molecular formula is C25H27F3N4O. The molecule has 3 heterocycles. The number of likely N-dealkylation sites (tertiary alicyclic amines) is 1. The number of rotatable bonds is 5. The first-order valence-corrected chi connectivity index (χ1v) is 11.5. The van der Waals surface area contributed by atoms with E-state index in [4.69, 9.17) is 0 Å². The molecule has 0 spiro atoms. The normalized spacial score (nSPS) is 18.3. The first-order chi connectivity index (χ1) is 15.9. The van der Waals surface area contributed by atoms with Crippen molar-refractivity contribution in [2.24, 2.45) is 0 Å². The summed E-state index contributed by atoms with van der Waals surface area (Å²) in [5.74, 6) is 0.0694. The fourth-order valence-corrected chi connectivity index (χ4v) is 5.06. The molecule has 8 heteroatoms. The van der Waals surface area contributed by atoms with Gasteiger partial charge in [0, 0.05) is 30.4 Å². The summed E-state index contributed by atoms with van der Waals surface area (Å²) in [7, 11) is 0. The second kappa shape index (κ2) is 8.82. The molecule has 0 amide bonds. The molecule has 5 rings (SSSR count). The van der Waals surface area contributed by atoms with Crippen LogP contribution < -0.4 is 4.90 Å². The molecule has 174 valence electrons. The average molecular weight is 457 g/mol. The number of carbonyl (C=O) groups excluding carboxylic acids is 1. The number of nitrogens with zero attached hydrogens (tertiary/aromatic N) is 3. The van der Waals surface area contributed by atoms with E-state index < -0.39 is 11.7 Å². The molecule has 2 aliphatic heterocycles. The van der Waals surface area contributed by atoms with Crippen LogP contribution in [0.25, 0.3) is 11.0 Å². The molecule has 0 aliphatic carbocycles. The number of hydrogen-bond acceptors (Lipinski definition) is 4. The molecule has 2 aliphatic rings. The van der Waals surface area contributed by atoms with Crippen molar-refractivity contribution < 1.29 is 18.0 Å². The largest absolute Gasteiger partial charge is 0.416 e. The summed E-state index contributed by atoms with van der Waals surface area (Å²) in [4.78, 5) is 24.9. The lowest BCUT2D eigenvalue weighted by Gasteiger charge is -2.38. The Morgan fingerprint density at radius 2 is 1.76 bits per heavy atom. The fraction of sp³-hybridized carbons (Fsp3) is 0.440. The van der Waals surface area contributed by atoms with Gasteiger partial charge < -0.3 is 14.8 Å². The van der Waals surface area contributed by atoms with Gasteiger partial charge in [-0.25, -0.2) is 4.98 Å². The molecule has 0 saturated carbocycles. The van der Waals surface area contributed by atoms with Crippen LogP contribution in [0.4, 0.5) is 18.9 Å². The Kier molecular flexibility index (Phi) is 5.86. The molecule has 2 fully saturated rings. The van der Waals surface area contributed by atoms with Crippen LogP contribution in [-0.4, -0.2) is 52.9 Å². The zero-order valence-corrected chi connectivity index (χ0v) is 18.4. The molecule has 0 unspecified atom stereocenters. The first kappa shape index (κ1) is 21.9. The van der Waals surface area contributed by atoms with Gasteiger partial charge in [-0.3, -0.25) is 4.79 Å². The summed E-state index contributed by atoms with van der Waals surface area (Å²) in [6, 6.07) is 11.6. The second-order valence-corrected chi connectivity index (χ2v) is 9.03. The molecule has 0 atom stereocenters. The maximum Gasteiger partial charge on any atom is 0.416 e. The monoisotopic (exact) mass is 456 g/mol. The number of alkyl halides is 3. The molecule has 0 bridgehead atoms. The number of H-pyrrole nitrogens is 1. The molecule has 33 heavy (non-hydrogen) atoms. The van der Waals surface area contributed by atoms with Crippen molar-refractivity contribution >= 4 is 22.5 Å². The van der Waals surface area contributed by atoms with Crippen LogP contribution in [0.2, 0.25) is 0 Å². The van der Waals surface area contributed by atoms with E-state index in [0.717, 1.165) is 43.0 Å². The van der Waals surface area contributed by atoms with Gasteiger partial charge in [-0.2, -0.15) is 13.2 Å². The van der Waals surface area contributed by atoms with Gasteiger partial charge in [-0.1, -0.05) is 12.1 Å². The van der Waals surface area contributed by atoms with E-state index in [1.165, 1.54) is 18.9 Å². The molecule has 1 aromatic heterocycles. The van der Waals surface area contributed by atoms with Crippen LogP contribution >= 0.6 is 0 Å². The number of Topliss-reactive ketones (excluding diaryl/α,β-unsaturated/α-hetero) is 1. The number of imidazole rings is 1. The summed E-state index contributed by atoms with van der Waals surface area (Å²) in [6.45, 7) is 3.63. The van der Waals surface area contributed by atoms with E-state index >= 15 is 0 Å². The van der Waals surface area contributed by atoms with Crippen LogP contribution in [0.3, 0.4) is 0 Å². The van der Waals surface area contributed by atoms with Gasteiger partial charge in [0.05, 0.1) is 23.0 Å². The maximum atomic E-state index is 13.7. The molecule has 5 nitrogen and oxygen atoms in total. The lowest BCUT2D eigenvalue weighted by atomic mass is 9.99. The Labute approximate surface area is 190 Å². The van der Waals surface area contributed by atoms with Gasteiger partial charge in [0.2, 0.25) is 0 Å². The Balaban J connectivity index is 1.37. The molecule has 0 radical (unpaired) electrons. The molecule has 1 N–H and O–H groups in total. The van der Waals surface area contributed by atoms with Gasteiger partial charge in [-0.15, -0.1) is 0 Å². The van der Waals surface area contributed by atoms with Crippen molar-refractivity contribution in [2.45, 2.75) is 44.3 Å². The van der Waals surface area contributed by atoms with E-state index in [-0.39, 0.29) is 17.8 Å². The highest BCUT2D eigenvalue weighted by atomic mass is 19.4. The number of fused-ring (bicyclic) bond motifs is 1. The van der Waals surface area contributed by atoms with Gasteiger partial charge in [0.15, 0.2) is 5.78 Å². The highest BCUT2D eigenvalue weighted by Crippen LogP contribution is 2.34. The number of anilines is 1. The number of aromatic nitrogens is 2. The molecular weight excluding hydrogens is 429 g/mol. The van der Waals surface area contributed by atoms with Crippen molar-refractivity contribution in [3.8, 4) is 0 Å². The summed E-state index contributed by atoms with van der Waals surface area (Å²) < 4.78 is 41.0. The molecule has 3 aromatic rings. The lowest BCUT2D eigenvalue weighted by molar-refractivity contribution is -0.137. The summed E-state index contributed by atoms with van der Waals surface area (Å²) in [5, 5.41) is 0. The van der Waals surface area contributed by atoms with Gasteiger partial charge in [0.1, 0.15) is 5.82 Å². The van der Waals surface area contributed by atoms with Gasteiger partial charge in [-0.05, 0) is 69.1 Å². The fourth-order valence-electron chi connectivity index (χ4n) is 5.06. The van der Waals surface area contributed by atoms with Crippen molar-refractivity contribution in [3.05, 3.63) is 59.4 Å². The highest BCUT2D eigenvalue weighted by Gasteiger charge is 2.33. The first-order valence-electron chi connectivity index (χ1n) is 11.5. The molecule has 2 aromatic carbocycles. The van der Waals surface area contributed by atoms with E-state index in [0.29, 0.717) is 30.6 Å².